The van der Waals surface area contributed by atoms with Crippen LogP contribution in [0.3, 0.4) is 0 Å². The third-order valence-electron chi connectivity index (χ3n) is 2.71. The summed E-state index contributed by atoms with van der Waals surface area (Å²) in [6, 6.07) is 5.16. The van der Waals surface area contributed by atoms with E-state index in [1.807, 2.05) is 0 Å². The Kier molecular flexibility index (Phi) is 3.46. The number of rotatable bonds is 2. The third-order valence-corrected chi connectivity index (χ3v) is 2.71. The van der Waals surface area contributed by atoms with E-state index < -0.39 is 29.6 Å². The number of ether oxygens (including phenoxy) is 2. The maximum Gasteiger partial charge on any atom is 0.417 e. The zero-order valence-corrected chi connectivity index (χ0v) is 9.76. The van der Waals surface area contributed by atoms with Crippen LogP contribution in [0.4, 0.5) is 18.9 Å². The molecule has 0 spiro atoms. The molecule has 1 aliphatic rings. The molecule has 1 aromatic rings. The minimum absolute atomic E-state index is 0.188. The van der Waals surface area contributed by atoms with Crippen LogP contribution in [0.5, 0.6) is 0 Å². The topological polar surface area (TPSA) is 61.6 Å². The highest BCUT2D eigenvalue weighted by Gasteiger charge is 2.51. The molecule has 1 saturated heterocycles. The first-order valence-electron chi connectivity index (χ1n) is 5.41. The van der Waals surface area contributed by atoms with Gasteiger partial charge in [-0.3, -0.25) is 10.1 Å². The first-order chi connectivity index (χ1) is 8.79. The Morgan fingerprint density at radius 1 is 1.32 bits per heavy atom. The fourth-order valence-electron chi connectivity index (χ4n) is 1.83. The van der Waals surface area contributed by atoms with Crippen molar-refractivity contribution in [2.45, 2.75) is 31.6 Å². The van der Waals surface area contributed by atoms with E-state index in [0.717, 1.165) is 6.07 Å². The summed E-state index contributed by atoms with van der Waals surface area (Å²) in [5, 5.41) is 10.6. The summed E-state index contributed by atoms with van der Waals surface area (Å²) in [4.78, 5) is 9.96. The first-order valence-corrected chi connectivity index (χ1v) is 5.41. The lowest BCUT2D eigenvalue weighted by atomic mass is 10.2. The number of nitro groups is 1. The van der Waals surface area contributed by atoms with E-state index in [-0.39, 0.29) is 11.3 Å². The molecule has 0 amide bonds. The molecular weight excluding hydrogens is 267 g/mol. The predicted octanol–water partition coefficient (Wildman–Crippen LogP) is 2.96. The van der Waals surface area contributed by atoms with Crippen molar-refractivity contribution in [3.8, 4) is 0 Å². The molecule has 1 aliphatic heterocycles. The third kappa shape index (κ3) is 2.85. The van der Waals surface area contributed by atoms with E-state index in [9.17, 15) is 23.3 Å². The Balaban J connectivity index is 2.21. The molecule has 0 unspecified atom stereocenters. The second-order valence-electron chi connectivity index (χ2n) is 4.12. The van der Waals surface area contributed by atoms with Gasteiger partial charge in [-0.05, 0) is 6.92 Å². The number of nitrogens with zero attached hydrogens (tertiary/aromatic N) is 1. The lowest BCUT2D eigenvalue weighted by Gasteiger charge is -2.16. The summed E-state index contributed by atoms with van der Waals surface area (Å²) in [5.74, 6) is 0. The molecule has 0 saturated carbocycles. The van der Waals surface area contributed by atoms with Crippen LogP contribution in [0.25, 0.3) is 0 Å². The lowest BCUT2D eigenvalue weighted by Crippen LogP contribution is -2.35. The SMILES string of the molecule is C[C@@H]1O[C@@H](c2cccc([N+](=O)[O-])c2)O[C@@H]1C(F)(F)F. The van der Waals surface area contributed by atoms with Gasteiger partial charge in [0.25, 0.3) is 5.69 Å². The van der Waals surface area contributed by atoms with Gasteiger partial charge in [0.05, 0.1) is 11.0 Å². The lowest BCUT2D eigenvalue weighted by molar-refractivity contribution is -0.385. The number of hydrogen-bond donors (Lipinski definition) is 0. The smallest absolute Gasteiger partial charge is 0.342 e. The number of non-ortho nitro benzene ring substituents is 1. The Morgan fingerprint density at radius 2 is 2.00 bits per heavy atom. The maximum atomic E-state index is 12.6. The van der Waals surface area contributed by atoms with Crippen LogP contribution in [0, 0.1) is 10.1 Å². The van der Waals surface area contributed by atoms with Crippen LogP contribution >= 0.6 is 0 Å². The molecule has 0 aliphatic carbocycles. The molecule has 0 radical (unpaired) electrons. The monoisotopic (exact) mass is 277 g/mol. The summed E-state index contributed by atoms with van der Waals surface area (Å²) in [7, 11) is 0. The second-order valence-corrected chi connectivity index (χ2v) is 4.12. The van der Waals surface area contributed by atoms with Crippen molar-refractivity contribution in [2.75, 3.05) is 0 Å². The van der Waals surface area contributed by atoms with Crippen molar-refractivity contribution in [1.82, 2.24) is 0 Å². The molecule has 3 atom stereocenters. The van der Waals surface area contributed by atoms with Gasteiger partial charge in [-0.25, -0.2) is 0 Å². The second kappa shape index (κ2) is 4.78. The highest BCUT2D eigenvalue weighted by molar-refractivity contribution is 5.35. The molecule has 5 nitrogen and oxygen atoms in total. The van der Waals surface area contributed by atoms with Gasteiger partial charge in [-0.2, -0.15) is 13.2 Å². The minimum atomic E-state index is -4.53. The zero-order valence-electron chi connectivity index (χ0n) is 9.76. The Labute approximate surface area is 106 Å². The van der Waals surface area contributed by atoms with E-state index in [0.29, 0.717) is 0 Å². The van der Waals surface area contributed by atoms with Crippen LogP contribution in [0.1, 0.15) is 18.8 Å². The van der Waals surface area contributed by atoms with Crippen molar-refractivity contribution in [1.29, 1.82) is 0 Å². The van der Waals surface area contributed by atoms with Crippen LogP contribution in [0.2, 0.25) is 0 Å². The number of alkyl halides is 3. The molecule has 1 fully saturated rings. The van der Waals surface area contributed by atoms with E-state index in [1.165, 1.54) is 25.1 Å². The quantitative estimate of drug-likeness (QED) is 0.616. The fraction of sp³-hybridized carbons (Fsp3) is 0.455. The van der Waals surface area contributed by atoms with Crippen molar-refractivity contribution in [3.05, 3.63) is 39.9 Å². The van der Waals surface area contributed by atoms with Crippen molar-refractivity contribution in [3.63, 3.8) is 0 Å². The summed E-state index contributed by atoms with van der Waals surface area (Å²) >= 11 is 0. The average Bonchev–Trinajstić information content (AvgIpc) is 2.71. The van der Waals surface area contributed by atoms with E-state index >= 15 is 0 Å². The predicted molar refractivity (Wildman–Crippen MR) is 57.3 cm³/mol. The van der Waals surface area contributed by atoms with Gasteiger partial charge >= 0.3 is 6.18 Å². The van der Waals surface area contributed by atoms with Crippen molar-refractivity contribution >= 4 is 5.69 Å². The maximum absolute atomic E-state index is 12.6. The van der Waals surface area contributed by atoms with Gasteiger partial charge in [-0.15, -0.1) is 0 Å². The summed E-state index contributed by atoms with van der Waals surface area (Å²) in [6.45, 7) is 1.25. The summed E-state index contributed by atoms with van der Waals surface area (Å²) in [6.07, 6.45) is -8.97. The first kappa shape index (κ1) is 13.8. The fourth-order valence-corrected chi connectivity index (χ4v) is 1.83. The van der Waals surface area contributed by atoms with E-state index in [1.54, 1.807) is 0 Å². The number of hydrogen-bond acceptors (Lipinski definition) is 4. The van der Waals surface area contributed by atoms with Gasteiger partial charge in [0.2, 0.25) is 0 Å². The Bertz CT molecular complexity index is 491. The highest BCUT2D eigenvalue weighted by Crippen LogP contribution is 2.39. The van der Waals surface area contributed by atoms with Crippen LogP contribution in [0.15, 0.2) is 24.3 Å². The molecule has 19 heavy (non-hydrogen) atoms. The number of benzene rings is 1. The molecule has 8 heteroatoms. The Morgan fingerprint density at radius 3 is 2.53 bits per heavy atom. The standard InChI is InChI=1S/C11H10F3NO4/c1-6-9(11(12,13)14)19-10(18-6)7-3-2-4-8(5-7)15(16)17/h2-6,9-10H,1H3/t6-,9-,10+/m0/s1. The van der Waals surface area contributed by atoms with Gasteiger partial charge in [0, 0.05) is 17.7 Å². The Hall–Kier alpha value is -1.67. The van der Waals surface area contributed by atoms with Crippen molar-refractivity contribution in [2.24, 2.45) is 0 Å². The summed E-state index contributed by atoms with van der Waals surface area (Å²) < 4.78 is 47.6. The van der Waals surface area contributed by atoms with Gasteiger partial charge in [0.15, 0.2) is 12.4 Å². The molecule has 0 N–H and O–H groups in total. The number of nitro benzene ring substituents is 1. The van der Waals surface area contributed by atoms with Crippen LogP contribution in [-0.2, 0) is 9.47 Å². The largest absolute Gasteiger partial charge is 0.417 e. The highest BCUT2D eigenvalue weighted by atomic mass is 19.4. The van der Waals surface area contributed by atoms with E-state index in [2.05, 4.69) is 0 Å². The van der Waals surface area contributed by atoms with Gasteiger partial charge in [-0.1, -0.05) is 12.1 Å². The molecular formula is C11H10F3NO4. The molecule has 0 aromatic heterocycles. The molecule has 0 bridgehead atoms. The molecule has 1 heterocycles. The molecule has 2 rings (SSSR count). The summed E-state index contributed by atoms with van der Waals surface area (Å²) in [5.41, 5.74) is -0.0411. The van der Waals surface area contributed by atoms with Crippen LogP contribution < -0.4 is 0 Å². The minimum Gasteiger partial charge on any atom is -0.342 e. The molecule has 104 valence electrons. The van der Waals surface area contributed by atoms with E-state index in [4.69, 9.17) is 9.47 Å². The normalized spacial score (nSPS) is 27.5. The van der Waals surface area contributed by atoms with Crippen LogP contribution in [-0.4, -0.2) is 23.3 Å². The number of halogens is 3. The van der Waals surface area contributed by atoms with Crippen molar-refractivity contribution < 1.29 is 27.6 Å². The van der Waals surface area contributed by atoms with Gasteiger partial charge < -0.3 is 9.47 Å². The average molecular weight is 277 g/mol. The van der Waals surface area contributed by atoms with Gasteiger partial charge in [0.1, 0.15) is 0 Å². The molecule has 1 aromatic carbocycles. The zero-order chi connectivity index (χ0) is 14.2.